The molecule has 3 rings (SSSR count). The number of fused-ring (bicyclic) bond motifs is 1. The molecule has 0 unspecified atom stereocenters. The summed E-state index contributed by atoms with van der Waals surface area (Å²) in [4.78, 5) is 24.5. The number of ketones is 2. The lowest BCUT2D eigenvalue weighted by molar-refractivity contribution is 0.0888. The molecule has 2 nitrogen and oxygen atoms in total. The third-order valence-electron chi connectivity index (χ3n) is 3.25. The van der Waals surface area contributed by atoms with Crippen molar-refractivity contribution in [1.29, 1.82) is 0 Å². The molecule has 0 radical (unpaired) electrons. The highest BCUT2D eigenvalue weighted by Gasteiger charge is 2.40. The monoisotopic (exact) mass is 318 g/mol. The van der Waals surface area contributed by atoms with Crippen molar-refractivity contribution in [3.63, 3.8) is 0 Å². The summed E-state index contributed by atoms with van der Waals surface area (Å²) in [6.45, 7) is 0. The van der Waals surface area contributed by atoms with Crippen molar-refractivity contribution >= 4 is 27.5 Å². The number of hydrogen-bond donors (Lipinski definition) is 0. The molecule has 0 N–H and O–H groups in total. The summed E-state index contributed by atoms with van der Waals surface area (Å²) in [6.07, 6.45) is 0. The number of hydrogen-bond acceptors (Lipinski definition) is 2. The van der Waals surface area contributed by atoms with Crippen LogP contribution in [0.25, 0.3) is 0 Å². The fourth-order valence-corrected chi connectivity index (χ4v) is 2.74. The predicted octanol–water partition coefficient (Wildman–Crippen LogP) is 3.75. The average molecular weight is 319 g/mol. The maximum absolute atomic E-state index is 13.9. The van der Waals surface area contributed by atoms with Crippen LogP contribution in [0.1, 0.15) is 32.2 Å². The summed E-state index contributed by atoms with van der Waals surface area (Å²) >= 11 is 3.23. The van der Waals surface area contributed by atoms with Gasteiger partial charge in [0.05, 0.1) is 0 Å². The molecule has 0 saturated heterocycles. The Hall–Kier alpha value is -1.81. The Bertz CT molecular complexity index is 674. The van der Waals surface area contributed by atoms with Crippen molar-refractivity contribution in [3.8, 4) is 0 Å². The van der Waals surface area contributed by atoms with Crippen molar-refractivity contribution in [3.05, 3.63) is 69.4 Å². The number of halogens is 2. The van der Waals surface area contributed by atoms with Crippen molar-refractivity contribution in [2.24, 2.45) is 0 Å². The Morgan fingerprint density at radius 2 is 1.53 bits per heavy atom. The van der Waals surface area contributed by atoms with Gasteiger partial charge in [0.1, 0.15) is 11.7 Å². The van der Waals surface area contributed by atoms with Crippen molar-refractivity contribution < 1.29 is 14.0 Å². The molecule has 2 aromatic carbocycles. The second-order valence-corrected chi connectivity index (χ2v) is 5.29. The van der Waals surface area contributed by atoms with Gasteiger partial charge in [-0.1, -0.05) is 40.2 Å². The first-order chi connectivity index (χ1) is 9.09. The second-order valence-electron chi connectivity index (χ2n) is 4.37. The predicted molar refractivity (Wildman–Crippen MR) is 71.9 cm³/mol. The molecule has 19 heavy (non-hydrogen) atoms. The van der Waals surface area contributed by atoms with Crippen LogP contribution in [0.2, 0.25) is 0 Å². The normalized spacial score (nSPS) is 14.8. The van der Waals surface area contributed by atoms with Crippen LogP contribution >= 0.6 is 15.9 Å². The fourth-order valence-electron chi connectivity index (χ4n) is 2.36. The van der Waals surface area contributed by atoms with E-state index in [2.05, 4.69) is 15.9 Å². The Labute approximate surface area is 117 Å². The summed E-state index contributed by atoms with van der Waals surface area (Å²) < 4.78 is 14.5. The number of carbonyl (C=O) groups excluding carboxylic acids is 2. The van der Waals surface area contributed by atoms with Gasteiger partial charge in [0.15, 0.2) is 11.6 Å². The van der Waals surface area contributed by atoms with Crippen LogP contribution in [0.3, 0.4) is 0 Å². The molecule has 94 valence electrons. The quantitative estimate of drug-likeness (QED) is 0.750. The van der Waals surface area contributed by atoms with Gasteiger partial charge in [-0.3, -0.25) is 9.59 Å². The van der Waals surface area contributed by atoms with Gasteiger partial charge < -0.3 is 0 Å². The van der Waals surface area contributed by atoms with Gasteiger partial charge in [-0.05, 0) is 18.2 Å². The van der Waals surface area contributed by atoms with Gasteiger partial charge in [-0.25, -0.2) is 4.39 Å². The molecule has 1 aliphatic rings. The zero-order valence-corrected chi connectivity index (χ0v) is 11.3. The Morgan fingerprint density at radius 1 is 0.947 bits per heavy atom. The molecule has 0 atom stereocenters. The lowest BCUT2D eigenvalue weighted by Gasteiger charge is -2.09. The number of Topliss-reactive ketones (excluding diaryl/α,β-unsaturated/α-hetero) is 2. The molecule has 2 aromatic rings. The van der Waals surface area contributed by atoms with Crippen LogP contribution in [0.5, 0.6) is 0 Å². The standard InChI is InChI=1S/C15H8BrFO2/c16-8-5-6-12(17)11(7-8)13-14(18)9-3-1-2-4-10(9)15(13)19/h1-7,13H. The second kappa shape index (κ2) is 4.38. The molecular formula is C15H8BrFO2. The van der Waals surface area contributed by atoms with Gasteiger partial charge in [0.25, 0.3) is 0 Å². The highest BCUT2D eigenvalue weighted by molar-refractivity contribution is 9.10. The lowest BCUT2D eigenvalue weighted by Crippen LogP contribution is -2.14. The number of benzene rings is 2. The Kier molecular flexibility index (Phi) is 2.82. The first-order valence-electron chi connectivity index (χ1n) is 5.72. The minimum absolute atomic E-state index is 0.126. The Morgan fingerprint density at radius 3 is 2.11 bits per heavy atom. The zero-order chi connectivity index (χ0) is 13.6. The van der Waals surface area contributed by atoms with E-state index in [0.717, 1.165) is 0 Å². The fraction of sp³-hybridized carbons (Fsp3) is 0.0667. The van der Waals surface area contributed by atoms with E-state index in [9.17, 15) is 14.0 Å². The lowest BCUT2D eigenvalue weighted by atomic mass is 9.94. The molecule has 0 heterocycles. The minimum Gasteiger partial charge on any atom is -0.293 e. The maximum Gasteiger partial charge on any atom is 0.178 e. The van der Waals surface area contributed by atoms with Crippen LogP contribution in [-0.4, -0.2) is 11.6 Å². The van der Waals surface area contributed by atoms with Crippen LogP contribution in [0.4, 0.5) is 4.39 Å². The van der Waals surface area contributed by atoms with E-state index in [1.807, 2.05) is 0 Å². The van der Waals surface area contributed by atoms with E-state index >= 15 is 0 Å². The molecule has 0 aliphatic heterocycles. The van der Waals surface area contributed by atoms with Crippen LogP contribution in [0.15, 0.2) is 46.9 Å². The SMILES string of the molecule is O=C1c2ccccc2C(=O)C1c1cc(Br)ccc1F. The van der Waals surface area contributed by atoms with E-state index in [1.54, 1.807) is 24.3 Å². The van der Waals surface area contributed by atoms with E-state index in [-0.39, 0.29) is 17.1 Å². The molecule has 0 aromatic heterocycles. The highest BCUT2D eigenvalue weighted by Crippen LogP contribution is 2.35. The minimum atomic E-state index is -1.06. The molecule has 0 spiro atoms. The highest BCUT2D eigenvalue weighted by atomic mass is 79.9. The largest absolute Gasteiger partial charge is 0.293 e. The molecule has 0 saturated carbocycles. The molecule has 0 fully saturated rings. The van der Waals surface area contributed by atoms with Crippen LogP contribution < -0.4 is 0 Å². The van der Waals surface area contributed by atoms with Crippen molar-refractivity contribution in [1.82, 2.24) is 0 Å². The van der Waals surface area contributed by atoms with E-state index in [4.69, 9.17) is 0 Å². The van der Waals surface area contributed by atoms with Crippen LogP contribution in [0, 0.1) is 5.82 Å². The average Bonchev–Trinajstić information content (AvgIpc) is 2.66. The molecule has 1 aliphatic carbocycles. The smallest absolute Gasteiger partial charge is 0.178 e. The third kappa shape index (κ3) is 1.83. The van der Waals surface area contributed by atoms with Crippen molar-refractivity contribution in [2.45, 2.75) is 5.92 Å². The van der Waals surface area contributed by atoms with Crippen LogP contribution in [-0.2, 0) is 0 Å². The summed E-state index contributed by atoms with van der Waals surface area (Å²) in [7, 11) is 0. The molecular weight excluding hydrogens is 311 g/mol. The summed E-state index contributed by atoms with van der Waals surface area (Å²) in [5, 5.41) is 0. The van der Waals surface area contributed by atoms with Gasteiger partial charge in [-0.15, -0.1) is 0 Å². The zero-order valence-electron chi connectivity index (χ0n) is 9.69. The molecule has 0 amide bonds. The molecule has 4 heteroatoms. The summed E-state index contributed by atoms with van der Waals surface area (Å²) in [5.74, 6) is -2.27. The van der Waals surface area contributed by atoms with Gasteiger partial charge in [0, 0.05) is 21.2 Å². The van der Waals surface area contributed by atoms with Gasteiger partial charge in [0.2, 0.25) is 0 Å². The first-order valence-corrected chi connectivity index (χ1v) is 6.51. The van der Waals surface area contributed by atoms with E-state index in [0.29, 0.717) is 15.6 Å². The summed E-state index contributed by atoms with van der Waals surface area (Å²) in [5.41, 5.74) is 0.870. The van der Waals surface area contributed by atoms with Crippen molar-refractivity contribution in [2.75, 3.05) is 0 Å². The van der Waals surface area contributed by atoms with E-state index < -0.39 is 11.7 Å². The molecule has 0 bridgehead atoms. The topological polar surface area (TPSA) is 34.1 Å². The number of rotatable bonds is 1. The number of carbonyl (C=O) groups is 2. The maximum atomic E-state index is 13.9. The van der Waals surface area contributed by atoms with E-state index in [1.165, 1.54) is 18.2 Å². The van der Waals surface area contributed by atoms with Gasteiger partial charge in [-0.2, -0.15) is 0 Å². The Balaban J connectivity index is 2.17. The summed E-state index contributed by atoms with van der Waals surface area (Å²) in [6, 6.07) is 10.9. The third-order valence-corrected chi connectivity index (χ3v) is 3.74. The van der Waals surface area contributed by atoms with Gasteiger partial charge >= 0.3 is 0 Å². The first kappa shape index (κ1) is 12.2.